The van der Waals surface area contributed by atoms with Gasteiger partial charge in [-0.05, 0) is 59.5 Å². The zero-order valence-corrected chi connectivity index (χ0v) is 19.6. The van der Waals surface area contributed by atoms with E-state index in [1.54, 1.807) is 55.5 Å². The van der Waals surface area contributed by atoms with Crippen LogP contribution in [0.2, 0.25) is 0 Å². The highest BCUT2D eigenvalue weighted by molar-refractivity contribution is 5.94. The number of para-hydroxylation sites is 1. The van der Waals surface area contributed by atoms with Crippen molar-refractivity contribution < 1.29 is 32.9 Å². The summed E-state index contributed by atoms with van der Waals surface area (Å²) in [5, 5.41) is 0. The first-order valence-electron chi connectivity index (χ1n) is 11.1. The second kappa shape index (κ2) is 10.9. The molecule has 0 unspecified atom stereocenters. The Morgan fingerprint density at radius 1 is 0.914 bits per heavy atom. The summed E-state index contributed by atoms with van der Waals surface area (Å²) in [6.45, 7) is 0.679. The highest BCUT2D eigenvalue weighted by Crippen LogP contribution is 2.33. The van der Waals surface area contributed by atoms with Gasteiger partial charge in [0.1, 0.15) is 23.7 Å². The SMILES string of the molecule is COc1cc2c(cc1OC)CN(C(=O)COC(=O)c1ccccc1OCc1ccc(F)cc1)CC2. The first-order chi connectivity index (χ1) is 17.0. The van der Waals surface area contributed by atoms with Crippen LogP contribution in [-0.4, -0.2) is 44.1 Å². The molecule has 3 aromatic rings. The van der Waals surface area contributed by atoms with E-state index in [0.29, 0.717) is 36.8 Å². The number of rotatable bonds is 8. The lowest BCUT2D eigenvalue weighted by atomic mass is 9.99. The Morgan fingerprint density at radius 3 is 2.31 bits per heavy atom. The average molecular weight is 480 g/mol. The maximum atomic E-state index is 13.1. The molecule has 0 N–H and O–H groups in total. The maximum absolute atomic E-state index is 13.1. The first-order valence-corrected chi connectivity index (χ1v) is 11.1. The Morgan fingerprint density at radius 2 is 1.60 bits per heavy atom. The van der Waals surface area contributed by atoms with Gasteiger partial charge < -0.3 is 23.8 Å². The van der Waals surface area contributed by atoms with Gasteiger partial charge in [0, 0.05) is 13.1 Å². The number of carbonyl (C=O) groups excluding carboxylic acids is 2. The fraction of sp³-hybridized carbons (Fsp3) is 0.259. The minimum atomic E-state index is -0.656. The van der Waals surface area contributed by atoms with Crippen molar-refractivity contribution in [3.63, 3.8) is 0 Å². The van der Waals surface area contributed by atoms with E-state index in [0.717, 1.165) is 16.7 Å². The zero-order valence-electron chi connectivity index (χ0n) is 19.6. The van der Waals surface area contributed by atoms with Crippen LogP contribution in [0.5, 0.6) is 17.2 Å². The Labute approximate surface area is 203 Å². The highest BCUT2D eigenvalue weighted by atomic mass is 19.1. The third-order valence-corrected chi connectivity index (χ3v) is 5.81. The molecule has 0 bridgehead atoms. The summed E-state index contributed by atoms with van der Waals surface area (Å²) in [6.07, 6.45) is 0.662. The van der Waals surface area contributed by atoms with Gasteiger partial charge in [0.25, 0.3) is 5.91 Å². The monoisotopic (exact) mass is 479 g/mol. The Balaban J connectivity index is 1.36. The Hall–Kier alpha value is -4.07. The number of benzene rings is 3. The summed E-state index contributed by atoms with van der Waals surface area (Å²) in [5.41, 5.74) is 3.02. The number of ether oxygens (including phenoxy) is 4. The van der Waals surface area contributed by atoms with Crippen molar-refractivity contribution in [3.8, 4) is 17.2 Å². The number of esters is 1. The normalized spacial score (nSPS) is 12.5. The predicted octanol–water partition coefficient (Wildman–Crippen LogP) is 4.16. The molecule has 1 aliphatic heterocycles. The van der Waals surface area contributed by atoms with Crippen LogP contribution in [0.25, 0.3) is 0 Å². The van der Waals surface area contributed by atoms with Gasteiger partial charge in [-0.3, -0.25) is 4.79 Å². The summed E-state index contributed by atoms with van der Waals surface area (Å²) in [5.74, 6) is 0.297. The lowest BCUT2D eigenvalue weighted by molar-refractivity contribution is -0.135. The van der Waals surface area contributed by atoms with Crippen LogP contribution in [0, 0.1) is 5.82 Å². The highest BCUT2D eigenvalue weighted by Gasteiger charge is 2.24. The van der Waals surface area contributed by atoms with E-state index in [2.05, 4.69) is 0 Å². The summed E-state index contributed by atoms with van der Waals surface area (Å²) >= 11 is 0. The Kier molecular flexibility index (Phi) is 7.50. The second-order valence-corrected chi connectivity index (χ2v) is 8.03. The quantitative estimate of drug-likeness (QED) is 0.452. The molecule has 0 aromatic heterocycles. The lowest BCUT2D eigenvalue weighted by Gasteiger charge is -2.29. The largest absolute Gasteiger partial charge is 0.493 e. The smallest absolute Gasteiger partial charge is 0.342 e. The van der Waals surface area contributed by atoms with Crippen molar-refractivity contribution in [1.29, 1.82) is 0 Å². The van der Waals surface area contributed by atoms with Crippen molar-refractivity contribution in [1.82, 2.24) is 4.90 Å². The van der Waals surface area contributed by atoms with Gasteiger partial charge in [0.15, 0.2) is 18.1 Å². The molecule has 0 aliphatic carbocycles. The summed E-state index contributed by atoms with van der Waals surface area (Å²) in [4.78, 5) is 27.1. The fourth-order valence-corrected chi connectivity index (χ4v) is 3.90. The van der Waals surface area contributed by atoms with Gasteiger partial charge in [-0.25, -0.2) is 9.18 Å². The molecule has 0 fully saturated rings. The molecule has 0 atom stereocenters. The van der Waals surface area contributed by atoms with Crippen LogP contribution in [0.4, 0.5) is 4.39 Å². The van der Waals surface area contributed by atoms with Crippen LogP contribution in [0.3, 0.4) is 0 Å². The molecule has 0 saturated heterocycles. The summed E-state index contributed by atoms with van der Waals surface area (Å²) < 4.78 is 34.9. The number of halogens is 1. The summed E-state index contributed by atoms with van der Waals surface area (Å²) in [6, 6.07) is 16.3. The number of hydrogen-bond donors (Lipinski definition) is 0. The van der Waals surface area contributed by atoms with Gasteiger partial charge in [-0.2, -0.15) is 0 Å². The van der Waals surface area contributed by atoms with Crippen LogP contribution >= 0.6 is 0 Å². The molecule has 0 radical (unpaired) electrons. The van der Waals surface area contributed by atoms with E-state index in [-0.39, 0.29) is 30.5 Å². The molecular formula is C27H26FNO6. The number of nitrogens with zero attached hydrogens (tertiary/aromatic N) is 1. The van der Waals surface area contributed by atoms with Crippen LogP contribution in [-0.2, 0) is 29.1 Å². The van der Waals surface area contributed by atoms with E-state index in [9.17, 15) is 14.0 Å². The van der Waals surface area contributed by atoms with Crippen molar-refractivity contribution in [2.75, 3.05) is 27.4 Å². The van der Waals surface area contributed by atoms with Crippen molar-refractivity contribution in [2.45, 2.75) is 19.6 Å². The molecule has 0 spiro atoms. The van der Waals surface area contributed by atoms with E-state index >= 15 is 0 Å². The molecule has 8 heteroatoms. The van der Waals surface area contributed by atoms with Gasteiger partial charge in [0.05, 0.1) is 14.2 Å². The molecule has 7 nitrogen and oxygen atoms in total. The average Bonchev–Trinajstić information content (AvgIpc) is 2.90. The number of fused-ring (bicyclic) bond motifs is 1. The molecule has 4 rings (SSSR count). The van der Waals surface area contributed by atoms with Crippen molar-refractivity contribution >= 4 is 11.9 Å². The Bertz CT molecular complexity index is 1210. The second-order valence-electron chi connectivity index (χ2n) is 8.03. The molecule has 1 heterocycles. The topological polar surface area (TPSA) is 74.3 Å². The third-order valence-electron chi connectivity index (χ3n) is 5.81. The molecular weight excluding hydrogens is 453 g/mol. The van der Waals surface area contributed by atoms with Gasteiger partial charge in [-0.15, -0.1) is 0 Å². The molecule has 3 aromatic carbocycles. The predicted molar refractivity (Wildman–Crippen MR) is 126 cm³/mol. The third kappa shape index (κ3) is 5.71. The van der Waals surface area contributed by atoms with Gasteiger partial charge in [0.2, 0.25) is 0 Å². The number of hydrogen-bond acceptors (Lipinski definition) is 6. The molecule has 1 amide bonds. The fourth-order valence-electron chi connectivity index (χ4n) is 3.90. The zero-order chi connectivity index (χ0) is 24.8. The standard InChI is InChI=1S/C27H26FNO6/c1-32-24-13-19-11-12-29(15-20(19)14-25(24)33-2)26(30)17-35-27(31)22-5-3-4-6-23(22)34-16-18-7-9-21(28)10-8-18/h3-10,13-14H,11-12,15-17H2,1-2H3. The van der Waals surface area contributed by atoms with E-state index in [4.69, 9.17) is 18.9 Å². The van der Waals surface area contributed by atoms with Crippen LogP contribution in [0.15, 0.2) is 60.7 Å². The summed E-state index contributed by atoms with van der Waals surface area (Å²) in [7, 11) is 3.15. The van der Waals surface area contributed by atoms with E-state index < -0.39 is 5.97 Å². The molecule has 1 aliphatic rings. The number of amides is 1. The first kappa shape index (κ1) is 24.1. The van der Waals surface area contributed by atoms with Crippen molar-refractivity contribution in [3.05, 3.63) is 88.7 Å². The minimum absolute atomic E-state index is 0.158. The van der Waals surface area contributed by atoms with Gasteiger partial charge in [-0.1, -0.05) is 24.3 Å². The molecule has 35 heavy (non-hydrogen) atoms. The molecule has 0 saturated carbocycles. The van der Waals surface area contributed by atoms with Crippen molar-refractivity contribution in [2.24, 2.45) is 0 Å². The van der Waals surface area contributed by atoms with Crippen LogP contribution < -0.4 is 14.2 Å². The maximum Gasteiger partial charge on any atom is 0.342 e. The minimum Gasteiger partial charge on any atom is -0.493 e. The number of carbonyl (C=O) groups is 2. The lowest BCUT2D eigenvalue weighted by Crippen LogP contribution is -2.38. The number of methoxy groups -OCH3 is 2. The van der Waals surface area contributed by atoms with Gasteiger partial charge >= 0.3 is 5.97 Å². The van der Waals surface area contributed by atoms with Crippen LogP contribution in [0.1, 0.15) is 27.0 Å². The van der Waals surface area contributed by atoms with E-state index in [1.807, 2.05) is 12.1 Å². The molecule has 182 valence electrons. The van der Waals surface area contributed by atoms with E-state index in [1.165, 1.54) is 12.1 Å².